The first kappa shape index (κ1) is 13.4. The van der Waals surface area contributed by atoms with E-state index in [2.05, 4.69) is 21.1 Å². The zero-order valence-electron chi connectivity index (χ0n) is 10.3. The first-order valence-corrected chi connectivity index (χ1v) is 6.42. The van der Waals surface area contributed by atoms with Gasteiger partial charge in [0.1, 0.15) is 11.5 Å². The van der Waals surface area contributed by atoms with Crippen LogP contribution >= 0.6 is 15.9 Å². The summed E-state index contributed by atoms with van der Waals surface area (Å²) in [6, 6.07) is 13.0. The molecule has 0 saturated carbocycles. The Morgan fingerprint density at radius 1 is 1.21 bits per heavy atom. The van der Waals surface area contributed by atoms with E-state index < -0.39 is 0 Å². The Hall–Kier alpha value is -2.01. The third-order valence-corrected chi connectivity index (χ3v) is 3.30. The summed E-state index contributed by atoms with van der Waals surface area (Å²) < 4.78 is 6.71. The standard InChI is InChI=1S/C14H13BrN2O2/c1-9-5-4-6-10(14(16)17-18)13(9)19-12-8-3-2-7-11(12)15/h2-8,18H,1H3,(H2,16,17). The molecule has 5 heteroatoms. The monoisotopic (exact) mass is 320 g/mol. The molecule has 0 spiro atoms. The Labute approximate surface area is 119 Å². The van der Waals surface area contributed by atoms with E-state index in [1.165, 1.54) is 0 Å². The molecule has 0 aromatic heterocycles. The predicted octanol–water partition coefficient (Wildman–Crippen LogP) is 3.64. The summed E-state index contributed by atoms with van der Waals surface area (Å²) in [4.78, 5) is 0. The van der Waals surface area contributed by atoms with Crippen molar-refractivity contribution in [3.63, 3.8) is 0 Å². The predicted molar refractivity (Wildman–Crippen MR) is 77.9 cm³/mol. The maximum Gasteiger partial charge on any atom is 0.173 e. The van der Waals surface area contributed by atoms with Crippen LogP contribution in [0.5, 0.6) is 11.5 Å². The molecule has 0 radical (unpaired) electrons. The number of para-hydroxylation sites is 2. The van der Waals surface area contributed by atoms with Crippen molar-refractivity contribution in [1.82, 2.24) is 0 Å². The van der Waals surface area contributed by atoms with E-state index in [-0.39, 0.29) is 5.84 Å². The molecular weight excluding hydrogens is 308 g/mol. The normalized spacial score (nSPS) is 11.4. The summed E-state index contributed by atoms with van der Waals surface area (Å²) in [5.74, 6) is 1.26. The highest BCUT2D eigenvalue weighted by molar-refractivity contribution is 9.10. The van der Waals surface area contributed by atoms with Crippen molar-refractivity contribution in [2.45, 2.75) is 6.92 Å². The second-order valence-electron chi connectivity index (χ2n) is 3.97. The van der Waals surface area contributed by atoms with Crippen LogP contribution < -0.4 is 10.5 Å². The number of hydrogen-bond acceptors (Lipinski definition) is 3. The van der Waals surface area contributed by atoms with Crippen LogP contribution in [0.4, 0.5) is 0 Å². The van der Waals surface area contributed by atoms with Crippen molar-refractivity contribution in [2.75, 3.05) is 0 Å². The molecule has 19 heavy (non-hydrogen) atoms. The highest BCUT2D eigenvalue weighted by Crippen LogP contribution is 2.33. The molecule has 0 atom stereocenters. The molecule has 0 saturated heterocycles. The number of amidine groups is 1. The Kier molecular flexibility index (Phi) is 4.06. The SMILES string of the molecule is Cc1cccc(/C(N)=N/O)c1Oc1ccccc1Br. The minimum absolute atomic E-state index is 0.0192. The Morgan fingerprint density at radius 2 is 1.95 bits per heavy atom. The van der Waals surface area contributed by atoms with Crippen molar-refractivity contribution in [2.24, 2.45) is 10.9 Å². The summed E-state index contributed by atoms with van der Waals surface area (Å²) in [5.41, 5.74) is 7.12. The van der Waals surface area contributed by atoms with Crippen LogP contribution in [-0.4, -0.2) is 11.0 Å². The molecule has 0 heterocycles. The van der Waals surface area contributed by atoms with Crippen molar-refractivity contribution in [1.29, 1.82) is 0 Å². The van der Waals surface area contributed by atoms with Crippen LogP contribution in [-0.2, 0) is 0 Å². The summed E-state index contributed by atoms with van der Waals surface area (Å²) in [5, 5.41) is 11.8. The fourth-order valence-corrected chi connectivity index (χ4v) is 2.05. The molecule has 0 amide bonds. The number of nitrogens with two attached hydrogens (primary N) is 1. The zero-order chi connectivity index (χ0) is 13.8. The molecule has 0 aliphatic rings. The average molecular weight is 321 g/mol. The number of ether oxygens (including phenoxy) is 1. The molecule has 2 aromatic carbocycles. The third-order valence-electron chi connectivity index (χ3n) is 2.64. The second kappa shape index (κ2) is 5.75. The lowest BCUT2D eigenvalue weighted by Crippen LogP contribution is -2.14. The molecule has 4 nitrogen and oxygen atoms in total. The van der Waals surface area contributed by atoms with E-state index in [4.69, 9.17) is 15.7 Å². The first-order valence-electron chi connectivity index (χ1n) is 5.63. The molecule has 0 aliphatic carbocycles. The van der Waals surface area contributed by atoms with Gasteiger partial charge in [0.25, 0.3) is 0 Å². The van der Waals surface area contributed by atoms with Crippen LogP contribution in [0, 0.1) is 6.92 Å². The van der Waals surface area contributed by atoms with E-state index >= 15 is 0 Å². The van der Waals surface area contributed by atoms with Gasteiger partial charge in [-0.2, -0.15) is 0 Å². The maximum absolute atomic E-state index is 8.82. The highest BCUT2D eigenvalue weighted by Gasteiger charge is 2.13. The molecule has 98 valence electrons. The fraction of sp³-hybridized carbons (Fsp3) is 0.0714. The summed E-state index contributed by atoms with van der Waals surface area (Å²) in [6.07, 6.45) is 0. The first-order chi connectivity index (χ1) is 9.13. The maximum atomic E-state index is 8.82. The number of hydrogen-bond donors (Lipinski definition) is 2. The van der Waals surface area contributed by atoms with Crippen LogP contribution in [0.15, 0.2) is 52.1 Å². The van der Waals surface area contributed by atoms with Gasteiger partial charge < -0.3 is 15.7 Å². The van der Waals surface area contributed by atoms with E-state index in [1.807, 2.05) is 43.3 Å². The van der Waals surface area contributed by atoms with Crippen LogP contribution in [0.25, 0.3) is 0 Å². The van der Waals surface area contributed by atoms with E-state index in [0.29, 0.717) is 17.1 Å². The molecule has 0 aliphatic heterocycles. The lowest BCUT2D eigenvalue weighted by atomic mass is 10.1. The quantitative estimate of drug-likeness (QED) is 0.392. The minimum Gasteiger partial charge on any atom is -0.455 e. The second-order valence-corrected chi connectivity index (χ2v) is 4.82. The van der Waals surface area contributed by atoms with E-state index in [1.54, 1.807) is 6.07 Å². The Morgan fingerprint density at radius 3 is 2.63 bits per heavy atom. The Bertz CT molecular complexity index is 627. The highest BCUT2D eigenvalue weighted by atomic mass is 79.9. The van der Waals surface area contributed by atoms with Gasteiger partial charge in [-0.3, -0.25) is 0 Å². The van der Waals surface area contributed by atoms with Gasteiger partial charge in [0.05, 0.1) is 10.0 Å². The van der Waals surface area contributed by atoms with E-state index in [9.17, 15) is 0 Å². The number of halogens is 1. The van der Waals surface area contributed by atoms with Crippen molar-refractivity contribution >= 4 is 21.8 Å². The van der Waals surface area contributed by atoms with E-state index in [0.717, 1.165) is 10.0 Å². The molecule has 0 fully saturated rings. The number of nitrogens with zero attached hydrogens (tertiary/aromatic N) is 1. The van der Waals surface area contributed by atoms with Crippen LogP contribution in [0.1, 0.15) is 11.1 Å². The van der Waals surface area contributed by atoms with Gasteiger partial charge in [0, 0.05) is 0 Å². The van der Waals surface area contributed by atoms with Gasteiger partial charge in [0.2, 0.25) is 0 Å². The van der Waals surface area contributed by atoms with Gasteiger partial charge in [-0.25, -0.2) is 0 Å². The molecule has 2 aromatic rings. The fourth-order valence-electron chi connectivity index (χ4n) is 1.68. The molecule has 0 unspecified atom stereocenters. The summed E-state index contributed by atoms with van der Waals surface area (Å²) >= 11 is 3.42. The van der Waals surface area contributed by atoms with Crippen molar-refractivity contribution < 1.29 is 9.94 Å². The smallest absolute Gasteiger partial charge is 0.173 e. The van der Waals surface area contributed by atoms with Crippen molar-refractivity contribution in [3.05, 3.63) is 58.1 Å². The zero-order valence-corrected chi connectivity index (χ0v) is 11.9. The van der Waals surface area contributed by atoms with Crippen molar-refractivity contribution in [3.8, 4) is 11.5 Å². The number of aryl methyl sites for hydroxylation is 1. The van der Waals surface area contributed by atoms with Gasteiger partial charge >= 0.3 is 0 Å². The third kappa shape index (κ3) is 2.88. The largest absolute Gasteiger partial charge is 0.455 e. The topological polar surface area (TPSA) is 67.8 Å². The number of oxime groups is 1. The Balaban J connectivity index is 2.48. The van der Waals surface area contributed by atoms with Crippen LogP contribution in [0.3, 0.4) is 0 Å². The van der Waals surface area contributed by atoms with Gasteiger partial charge in [0.15, 0.2) is 5.84 Å². The molecule has 0 bridgehead atoms. The van der Waals surface area contributed by atoms with Crippen LogP contribution in [0.2, 0.25) is 0 Å². The van der Waals surface area contributed by atoms with Gasteiger partial charge in [-0.05, 0) is 46.6 Å². The lowest BCUT2D eigenvalue weighted by molar-refractivity contribution is 0.318. The van der Waals surface area contributed by atoms with Gasteiger partial charge in [-0.1, -0.05) is 29.4 Å². The van der Waals surface area contributed by atoms with Gasteiger partial charge in [-0.15, -0.1) is 0 Å². The molecular formula is C14H13BrN2O2. The minimum atomic E-state index is 0.0192. The lowest BCUT2D eigenvalue weighted by Gasteiger charge is -2.13. The molecule has 3 N–H and O–H groups in total. The summed E-state index contributed by atoms with van der Waals surface area (Å²) in [6.45, 7) is 1.90. The summed E-state index contributed by atoms with van der Waals surface area (Å²) in [7, 11) is 0. The molecule has 2 rings (SSSR count). The number of rotatable bonds is 3. The number of benzene rings is 2. The average Bonchev–Trinajstić information content (AvgIpc) is 2.42.